The van der Waals surface area contributed by atoms with E-state index < -0.39 is 5.92 Å². The van der Waals surface area contributed by atoms with E-state index in [0.717, 1.165) is 27.5 Å². The molecule has 12 heteroatoms. The van der Waals surface area contributed by atoms with E-state index in [0.29, 0.717) is 35.2 Å². The molecule has 1 saturated heterocycles. The number of aromatic nitrogens is 1. The number of benzene rings is 3. The maximum absolute atomic E-state index is 14.1. The second kappa shape index (κ2) is 12.4. The Bertz CT molecular complexity index is 2020. The van der Waals surface area contributed by atoms with Crippen molar-refractivity contribution < 1.29 is 28.6 Å². The summed E-state index contributed by atoms with van der Waals surface area (Å²) in [6.45, 7) is 4.03. The van der Waals surface area contributed by atoms with Crippen LogP contribution in [0.4, 0.5) is 11.4 Å². The summed E-state index contributed by atoms with van der Waals surface area (Å²) < 4.78 is 17.3. The summed E-state index contributed by atoms with van der Waals surface area (Å²) >= 11 is 2.86. The molecule has 3 heterocycles. The van der Waals surface area contributed by atoms with Crippen molar-refractivity contribution in [3.05, 3.63) is 92.4 Å². The van der Waals surface area contributed by atoms with E-state index in [-0.39, 0.29) is 64.0 Å². The van der Waals surface area contributed by atoms with Gasteiger partial charge in [-0.3, -0.25) is 24.1 Å². The molecule has 0 radical (unpaired) electrons. The maximum atomic E-state index is 14.1. The van der Waals surface area contributed by atoms with Crippen molar-refractivity contribution in [2.75, 3.05) is 30.5 Å². The number of carbonyl (C=O) groups excluding carboxylic acids is 3. The van der Waals surface area contributed by atoms with Crippen LogP contribution in [-0.4, -0.2) is 48.3 Å². The SMILES string of the molecule is CCOc1cc([C@H]2c3sc(=O)[nH]c3SC3C4CC(C5C(=O)N(c6ccc(OC)cc6)C(=O)C45)C32)ccc1OCC(=O)Nc1cccc(C)c1. The van der Waals surface area contributed by atoms with Crippen molar-refractivity contribution in [2.45, 2.75) is 36.5 Å². The Balaban J connectivity index is 1.10. The molecular weight excluding hydrogens is 663 g/mol. The Kier molecular flexibility index (Phi) is 8.02. The number of fused-ring (bicyclic) bond motifs is 9. The summed E-state index contributed by atoms with van der Waals surface area (Å²) in [7, 11) is 1.58. The highest BCUT2D eigenvalue weighted by atomic mass is 32.2. The summed E-state index contributed by atoms with van der Waals surface area (Å²) in [5, 5.41) is 3.75. The van der Waals surface area contributed by atoms with Crippen LogP contribution >= 0.6 is 23.1 Å². The fourth-order valence-electron chi connectivity index (χ4n) is 8.54. The maximum Gasteiger partial charge on any atom is 0.305 e. The lowest BCUT2D eigenvalue weighted by atomic mass is 9.68. The third-order valence-electron chi connectivity index (χ3n) is 10.3. The molecule has 4 aliphatic rings. The summed E-state index contributed by atoms with van der Waals surface area (Å²) in [4.78, 5) is 58.8. The van der Waals surface area contributed by atoms with Crippen molar-refractivity contribution >= 4 is 52.2 Å². The first-order valence-electron chi connectivity index (χ1n) is 16.4. The second-order valence-corrected chi connectivity index (χ2v) is 15.2. The summed E-state index contributed by atoms with van der Waals surface area (Å²) in [5.41, 5.74) is 3.24. The van der Waals surface area contributed by atoms with Gasteiger partial charge in [0.25, 0.3) is 5.91 Å². The van der Waals surface area contributed by atoms with E-state index >= 15 is 0 Å². The van der Waals surface area contributed by atoms with Gasteiger partial charge in [-0.05, 0) is 97.7 Å². The van der Waals surface area contributed by atoms with Crippen LogP contribution in [0.3, 0.4) is 0 Å². The molecule has 4 aromatic rings. The average molecular weight is 698 g/mol. The van der Waals surface area contributed by atoms with Crippen molar-refractivity contribution in [3.63, 3.8) is 0 Å². The molecule has 2 N–H and O–H groups in total. The van der Waals surface area contributed by atoms with Gasteiger partial charge in [-0.1, -0.05) is 29.5 Å². The Morgan fingerprint density at radius 1 is 0.959 bits per heavy atom. The number of aryl methyl sites for hydroxylation is 1. The number of rotatable bonds is 9. The number of amides is 3. The number of carbonyl (C=O) groups is 3. The standard InChI is InChI=1S/C37H35N3O7S2/c1-4-46-26-15-19(8-13-25(26)47-17-27(41)38-20-7-5-6-18(2)14-20)28-29-23-16-24(32(29)48-34-33(28)49-37(44)39-34)31-30(23)35(42)40(36(31)43)21-9-11-22(45-3)12-10-21/h5-15,23-24,28-32H,4,16-17H2,1-3H3,(H,38,41)(H,39,44)/t23?,24?,28-,29?,30?,31?,32?/m1/s1. The van der Waals surface area contributed by atoms with Crippen LogP contribution in [0.25, 0.3) is 0 Å². The normalized spacial score (nSPS) is 26.3. The molecule has 49 heavy (non-hydrogen) atoms. The molecule has 8 rings (SSSR count). The molecule has 3 aromatic carbocycles. The predicted octanol–water partition coefficient (Wildman–Crippen LogP) is 5.85. The van der Waals surface area contributed by atoms with Crippen LogP contribution in [0.5, 0.6) is 17.2 Å². The first-order chi connectivity index (χ1) is 23.7. The number of thioether (sulfide) groups is 1. The van der Waals surface area contributed by atoms with Crippen molar-refractivity contribution in [1.82, 2.24) is 4.98 Å². The van der Waals surface area contributed by atoms with E-state index in [4.69, 9.17) is 14.2 Å². The van der Waals surface area contributed by atoms with Gasteiger partial charge in [0.1, 0.15) is 5.75 Å². The molecule has 10 nitrogen and oxygen atoms in total. The molecule has 6 unspecified atom stereocenters. The number of H-pyrrole nitrogens is 1. The molecule has 2 aliphatic heterocycles. The number of nitrogens with one attached hydrogen (secondary N) is 2. The number of imide groups is 1. The predicted molar refractivity (Wildman–Crippen MR) is 187 cm³/mol. The molecule has 2 aliphatic carbocycles. The molecule has 3 amide bonds. The number of aromatic amines is 1. The number of hydrogen-bond acceptors (Lipinski definition) is 9. The summed E-state index contributed by atoms with van der Waals surface area (Å²) in [6.07, 6.45) is 0.789. The smallest absolute Gasteiger partial charge is 0.305 e. The van der Waals surface area contributed by atoms with E-state index in [1.165, 1.54) is 16.2 Å². The molecule has 7 atom stereocenters. The number of methoxy groups -OCH3 is 1. The minimum Gasteiger partial charge on any atom is -0.497 e. The number of thiazole rings is 1. The molecule has 252 valence electrons. The quantitative estimate of drug-likeness (QED) is 0.209. The molecule has 0 spiro atoms. The van der Waals surface area contributed by atoms with Gasteiger partial charge in [-0.25, -0.2) is 0 Å². The zero-order chi connectivity index (χ0) is 34.0. The van der Waals surface area contributed by atoms with E-state index in [2.05, 4.69) is 10.3 Å². The zero-order valence-corrected chi connectivity index (χ0v) is 28.8. The second-order valence-electron chi connectivity index (χ2n) is 13.0. The average Bonchev–Trinajstić information content (AvgIpc) is 3.83. The molecule has 2 saturated carbocycles. The van der Waals surface area contributed by atoms with Gasteiger partial charge in [0.2, 0.25) is 11.8 Å². The number of hydrogen-bond donors (Lipinski definition) is 2. The molecular formula is C37H35N3O7S2. The van der Waals surface area contributed by atoms with Crippen LogP contribution in [0.1, 0.15) is 35.3 Å². The van der Waals surface area contributed by atoms with E-state index in [1.807, 2.05) is 56.3 Å². The Hall–Kier alpha value is -4.55. The van der Waals surface area contributed by atoms with Crippen molar-refractivity contribution in [1.29, 1.82) is 0 Å². The lowest BCUT2D eigenvalue weighted by Crippen LogP contribution is -2.42. The van der Waals surface area contributed by atoms with Crippen LogP contribution in [-0.2, 0) is 14.4 Å². The fourth-order valence-corrected chi connectivity index (χ4v) is 11.4. The number of anilines is 2. The van der Waals surface area contributed by atoms with Gasteiger partial charge in [0.15, 0.2) is 18.1 Å². The van der Waals surface area contributed by atoms with Gasteiger partial charge < -0.3 is 24.5 Å². The Morgan fingerprint density at radius 2 is 1.73 bits per heavy atom. The minimum absolute atomic E-state index is 0.00429. The third-order valence-corrected chi connectivity index (χ3v) is 12.9. The molecule has 1 aromatic heterocycles. The van der Waals surface area contributed by atoms with Gasteiger partial charge in [0.05, 0.1) is 36.3 Å². The highest BCUT2D eigenvalue weighted by Crippen LogP contribution is 2.68. The van der Waals surface area contributed by atoms with Crippen LogP contribution in [0, 0.1) is 36.5 Å². The highest BCUT2D eigenvalue weighted by Gasteiger charge is 2.69. The highest BCUT2D eigenvalue weighted by molar-refractivity contribution is 8.00. The lowest BCUT2D eigenvalue weighted by Gasteiger charge is -2.43. The number of ether oxygens (including phenoxy) is 3. The van der Waals surface area contributed by atoms with Crippen LogP contribution in [0.2, 0.25) is 0 Å². The third kappa shape index (κ3) is 5.32. The molecule has 2 bridgehead atoms. The van der Waals surface area contributed by atoms with Gasteiger partial charge in [-0.2, -0.15) is 0 Å². The summed E-state index contributed by atoms with van der Waals surface area (Å²) in [5.74, 6) is 0.0398. The largest absolute Gasteiger partial charge is 0.497 e. The zero-order valence-electron chi connectivity index (χ0n) is 27.1. The summed E-state index contributed by atoms with van der Waals surface area (Å²) in [6, 6.07) is 20.3. The molecule has 3 fully saturated rings. The monoisotopic (exact) mass is 697 g/mol. The number of nitrogens with zero attached hydrogens (tertiary/aromatic N) is 1. The van der Waals surface area contributed by atoms with Crippen molar-refractivity contribution in [3.8, 4) is 17.2 Å². The topological polar surface area (TPSA) is 127 Å². The van der Waals surface area contributed by atoms with Crippen LogP contribution < -0.4 is 29.3 Å². The Morgan fingerprint density at radius 3 is 2.47 bits per heavy atom. The van der Waals surface area contributed by atoms with E-state index in [1.54, 1.807) is 43.1 Å². The van der Waals surface area contributed by atoms with Gasteiger partial charge in [-0.15, -0.1) is 11.8 Å². The first kappa shape index (κ1) is 31.7. The van der Waals surface area contributed by atoms with Gasteiger partial charge in [0, 0.05) is 21.7 Å². The lowest BCUT2D eigenvalue weighted by molar-refractivity contribution is -0.123. The minimum atomic E-state index is -0.415. The van der Waals surface area contributed by atoms with Gasteiger partial charge >= 0.3 is 4.87 Å². The fraction of sp³-hybridized carbons (Fsp3) is 0.351. The first-order valence-corrected chi connectivity index (χ1v) is 18.1. The van der Waals surface area contributed by atoms with Crippen molar-refractivity contribution in [2.24, 2.45) is 29.6 Å². The van der Waals surface area contributed by atoms with Crippen LogP contribution in [0.15, 0.2) is 76.6 Å². The van der Waals surface area contributed by atoms with E-state index in [9.17, 15) is 19.2 Å². The Labute approximate surface area is 291 Å².